The van der Waals surface area contributed by atoms with E-state index in [-0.39, 0.29) is 21.1 Å². The van der Waals surface area contributed by atoms with Crippen molar-refractivity contribution >= 4 is 46.4 Å². The van der Waals surface area contributed by atoms with E-state index in [1.54, 1.807) is 64.2 Å². The Labute approximate surface area is 270 Å². The Morgan fingerprint density at radius 1 is 0.385 bits per heavy atom. The van der Waals surface area contributed by atoms with Gasteiger partial charge in [0.1, 0.15) is 0 Å². The first kappa shape index (κ1) is 40.5. The summed E-state index contributed by atoms with van der Waals surface area (Å²) < 4.78 is 2.58. The van der Waals surface area contributed by atoms with Gasteiger partial charge in [0.05, 0.1) is 0 Å². The van der Waals surface area contributed by atoms with E-state index in [9.17, 15) is 0 Å². The van der Waals surface area contributed by atoms with E-state index in [2.05, 4.69) is 13.8 Å². The average Bonchev–Trinajstić information content (AvgIpc) is 2.97. The van der Waals surface area contributed by atoms with Crippen LogP contribution in [0.1, 0.15) is 206 Å². The standard InChI is InChI=1S/2C12H26S.2C6H11.Sn/c2*1-2-3-4-5-6-7-8-9-10-11-12-13;2*1-2-4-6-5-3-1;/h2*13H,2-12H2,1H3;2*1H,2-6H2;/q;;;;+2/p-2. The molecule has 2 rings (SSSR count). The smallest absolute Gasteiger partial charge is 0.0533 e. The quantitative estimate of drug-likeness (QED) is 0.0631. The zero-order valence-corrected chi connectivity index (χ0v) is 31.6. The molecule has 0 N–H and O–H groups in total. The number of unbranched alkanes of at least 4 members (excludes halogenated alkanes) is 18. The topological polar surface area (TPSA) is 0 Å². The molecule has 0 atom stereocenters. The minimum Gasteiger partial charge on any atom is -0.793 e. The summed E-state index contributed by atoms with van der Waals surface area (Å²) in [7, 11) is 0. The van der Waals surface area contributed by atoms with Crippen LogP contribution in [0, 0.1) is 0 Å². The summed E-state index contributed by atoms with van der Waals surface area (Å²) in [6.45, 7) is 4.55. The molecule has 0 bridgehead atoms. The predicted molar refractivity (Wildman–Crippen MR) is 188 cm³/mol. The van der Waals surface area contributed by atoms with E-state index in [1.165, 1.54) is 136 Å². The largest absolute Gasteiger partial charge is 0.793 e. The minimum absolute atomic E-state index is 0.0367. The van der Waals surface area contributed by atoms with Crippen LogP contribution in [0.25, 0.3) is 0 Å². The van der Waals surface area contributed by atoms with Crippen molar-refractivity contribution in [1.29, 1.82) is 0 Å². The van der Waals surface area contributed by atoms with Gasteiger partial charge < -0.3 is 25.3 Å². The van der Waals surface area contributed by atoms with Gasteiger partial charge in [0.2, 0.25) is 0 Å². The van der Waals surface area contributed by atoms with Crippen LogP contribution in [0.4, 0.5) is 0 Å². The van der Waals surface area contributed by atoms with Crippen molar-refractivity contribution in [3.8, 4) is 0 Å². The van der Waals surface area contributed by atoms with Gasteiger partial charge in [-0.2, -0.15) is 11.5 Å². The van der Waals surface area contributed by atoms with E-state index < -0.39 is 0 Å². The predicted octanol–water partition coefficient (Wildman–Crippen LogP) is 13.1. The Kier molecular flexibility index (Phi) is 37.1. The van der Waals surface area contributed by atoms with Gasteiger partial charge in [-0.05, 0) is 0 Å². The van der Waals surface area contributed by atoms with Crippen LogP contribution < -0.4 is 0 Å². The normalized spacial score (nSPS) is 16.1. The molecule has 2 aliphatic rings. The van der Waals surface area contributed by atoms with Gasteiger partial charge >= 0.3 is 93.2 Å². The summed E-state index contributed by atoms with van der Waals surface area (Å²) in [5.41, 5.74) is 0. The molecule has 0 aliphatic heterocycles. The zero-order valence-electron chi connectivity index (χ0n) is 27.1. The molecule has 3 heteroatoms. The number of hydrogen-bond acceptors (Lipinski definition) is 2. The average molecular weight is 688 g/mol. The Morgan fingerprint density at radius 3 is 0.897 bits per heavy atom. The summed E-state index contributed by atoms with van der Waals surface area (Å²) in [6, 6.07) is 0. The van der Waals surface area contributed by atoms with Crippen LogP contribution in [0.2, 0.25) is 7.87 Å². The van der Waals surface area contributed by atoms with E-state index in [0.717, 1.165) is 11.5 Å². The van der Waals surface area contributed by atoms with Crippen molar-refractivity contribution in [3.05, 3.63) is 0 Å². The van der Waals surface area contributed by atoms with Gasteiger partial charge in [0, 0.05) is 0 Å². The van der Waals surface area contributed by atoms with Crippen LogP contribution in [0.15, 0.2) is 0 Å². The summed E-state index contributed by atoms with van der Waals surface area (Å²) in [5, 5.41) is 0. The molecule has 2 fully saturated rings. The van der Waals surface area contributed by atoms with E-state index in [0.29, 0.717) is 0 Å². The molecule has 0 aromatic heterocycles. The van der Waals surface area contributed by atoms with Crippen LogP contribution in [-0.2, 0) is 25.3 Å². The zero-order chi connectivity index (χ0) is 28.5. The van der Waals surface area contributed by atoms with Gasteiger partial charge in [-0.3, -0.25) is 0 Å². The molecule has 39 heavy (non-hydrogen) atoms. The van der Waals surface area contributed by atoms with Gasteiger partial charge in [0.15, 0.2) is 0 Å². The third-order valence-corrected chi connectivity index (χ3v) is 15.2. The molecule has 0 unspecified atom stereocenters. The maximum absolute atomic E-state index is 4.90. The third-order valence-electron chi connectivity index (χ3n) is 8.68. The third kappa shape index (κ3) is 32.3. The second kappa shape index (κ2) is 35.7. The monoisotopic (exact) mass is 688 g/mol. The SMILES string of the molecule is C1CC[CH]([Sn+2][CH]2CCCCC2)CC1.CCCCCCCCCCCC[S-].CCCCCCCCCCCC[S-]. The van der Waals surface area contributed by atoms with Gasteiger partial charge in [-0.25, -0.2) is 0 Å². The molecular formula is C36H72S2Sn. The molecule has 0 aromatic rings. The summed E-state index contributed by atoms with van der Waals surface area (Å²) in [4.78, 5) is 0. The van der Waals surface area contributed by atoms with Gasteiger partial charge in [-0.1, -0.05) is 142 Å². The van der Waals surface area contributed by atoms with E-state index in [4.69, 9.17) is 25.3 Å². The number of rotatable bonds is 22. The van der Waals surface area contributed by atoms with Gasteiger partial charge in [0.25, 0.3) is 0 Å². The van der Waals surface area contributed by atoms with Crippen LogP contribution >= 0.6 is 0 Å². The molecule has 0 spiro atoms. The molecule has 0 aromatic carbocycles. The van der Waals surface area contributed by atoms with Crippen molar-refractivity contribution in [2.45, 2.75) is 214 Å². The molecule has 2 aliphatic carbocycles. The Balaban J connectivity index is 0.000000555. The second-order valence-corrected chi connectivity index (χ2v) is 19.0. The van der Waals surface area contributed by atoms with Crippen molar-refractivity contribution in [3.63, 3.8) is 0 Å². The van der Waals surface area contributed by atoms with E-state index in [1.807, 2.05) is 0 Å². The Bertz CT molecular complexity index is 360. The first-order valence-corrected chi connectivity index (χ1v) is 22.7. The second-order valence-electron chi connectivity index (χ2n) is 12.6. The summed E-state index contributed by atoms with van der Waals surface area (Å²) in [6.07, 6.45) is 43.9. The van der Waals surface area contributed by atoms with Gasteiger partial charge in [-0.15, -0.1) is 0 Å². The Morgan fingerprint density at radius 2 is 0.641 bits per heavy atom. The van der Waals surface area contributed by atoms with Crippen LogP contribution in [-0.4, -0.2) is 32.6 Å². The Hall–Kier alpha value is 1.50. The molecule has 0 heterocycles. The first-order chi connectivity index (χ1) is 19.3. The molecule has 0 amide bonds. The van der Waals surface area contributed by atoms with Crippen molar-refractivity contribution in [2.24, 2.45) is 0 Å². The fraction of sp³-hybridized carbons (Fsp3) is 1.00. The fourth-order valence-electron chi connectivity index (χ4n) is 6.05. The van der Waals surface area contributed by atoms with Crippen molar-refractivity contribution < 1.29 is 0 Å². The maximum Gasteiger partial charge on any atom is -0.0533 e. The molecule has 232 valence electrons. The maximum atomic E-state index is 4.90. The molecule has 2 saturated carbocycles. The number of hydrogen-bond donors (Lipinski definition) is 0. The first-order valence-electron chi connectivity index (χ1n) is 18.2. The van der Waals surface area contributed by atoms with E-state index >= 15 is 0 Å². The van der Waals surface area contributed by atoms with Crippen molar-refractivity contribution in [1.82, 2.24) is 0 Å². The summed E-state index contributed by atoms with van der Waals surface area (Å²) >= 11 is 9.84. The van der Waals surface area contributed by atoms with Crippen molar-refractivity contribution in [2.75, 3.05) is 11.5 Å². The molecule has 0 saturated heterocycles. The fourth-order valence-corrected chi connectivity index (χ4v) is 12.6. The molecule has 0 nitrogen and oxygen atoms in total. The summed E-state index contributed by atoms with van der Waals surface area (Å²) in [5.74, 6) is 1.91. The molecule has 0 radical (unpaired) electrons. The van der Waals surface area contributed by atoms with Crippen LogP contribution in [0.5, 0.6) is 0 Å². The molecular weight excluding hydrogens is 615 g/mol. The minimum atomic E-state index is 0.0367. The van der Waals surface area contributed by atoms with Crippen LogP contribution in [0.3, 0.4) is 0 Å².